The summed E-state index contributed by atoms with van der Waals surface area (Å²) in [5.74, 6) is 0.554. The summed E-state index contributed by atoms with van der Waals surface area (Å²) in [7, 11) is -0.545. The van der Waals surface area contributed by atoms with Crippen molar-refractivity contribution in [1.29, 1.82) is 0 Å². The summed E-state index contributed by atoms with van der Waals surface area (Å²) in [6.45, 7) is 18.6. The Bertz CT molecular complexity index is 620. The monoisotopic (exact) mass is 362 g/mol. The van der Waals surface area contributed by atoms with Crippen molar-refractivity contribution in [1.82, 2.24) is 0 Å². The van der Waals surface area contributed by atoms with E-state index in [4.69, 9.17) is 0 Å². The second-order valence-corrected chi connectivity index (χ2v) is 10.3. The van der Waals surface area contributed by atoms with Gasteiger partial charge in [0.2, 0.25) is 0 Å². The fourth-order valence-electron chi connectivity index (χ4n) is 3.26. The molecule has 0 fully saturated rings. The van der Waals surface area contributed by atoms with Crippen LogP contribution >= 0.6 is 7.92 Å². The van der Waals surface area contributed by atoms with Crippen LogP contribution in [0.5, 0.6) is 5.75 Å². The Hall–Kier alpha value is -1.11. The number of aliphatic hydroxyl groups is 1. The van der Waals surface area contributed by atoms with Gasteiger partial charge in [-0.15, -0.1) is 0 Å². The lowest BCUT2D eigenvalue weighted by molar-refractivity contribution is 0.138. The topological polar surface area (TPSA) is 40.5 Å². The van der Waals surface area contributed by atoms with Gasteiger partial charge < -0.3 is 10.2 Å². The predicted octanol–water partition coefficient (Wildman–Crippen LogP) is 5.96. The third kappa shape index (κ3) is 4.96. The fraction of sp³-hybridized carbons (Fsp3) is 0.545. The average molecular weight is 362 g/mol. The molecular weight excluding hydrogens is 327 g/mol. The SMILES string of the molecule is C=C(C)/C=C\C(C(C)C(C)O)P(C)C(C)(CC)c1cccc(C)c1O. The van der Waals surface area contributed by atoms with Crippen LogP contribution in [0.3, 0.4) is 0 Å². The minimum atomic E-state index is -0.545. The molecule has 0 spiro atoms. The van der Waals surface area contributed by atoms with Crippen LogP contribution in [0, 0.1) is 12.8 Å². The molecule has 1 aromatic carbocycles. The van der Waals surface area contributed by atoms with Crippen molar-refractivity contribution < 1.29 is 10.2 Å². The first kappa shape index (κ1) is 21.9. The Labute approximate surface area is 155 Å². The fourth-order valence-corrected chi connectivity index (χ4v) is 6.27. The highest BCUT2D eigenvalue weighted by molar-refractivity contribution is 7.59. The van der Waals surface area contributed by atoms with Crippen LogP contribution in [0.2, 0.25) is 0 Å². The van der Waals surface area contributed by atoms with E-state index < -0.39 is 7.92 Å². The van der Waals surface area contributed by atoms with Crippen molar-refractivity contribution in [2.24, 2.45) is 5.92 Å². The summed E-state index contributed by atoms with van der Waals surface area (Å²) in [5.41, 5.74) is 3.20. The maximum Gasteiger partial charge on any atom is 0.122 e. The number of hydrogen-bond acceptors (Lipinski definition) is 2. The molecule has 2 N–H and O–H groups in total. The molecule has 0 amide bonds. The summed E-state index contributed by atoms with van der Waals surface area (Å²) in [5, 5.41) is 20.8. The summed E-state index contributed by atoms with van der Waals surface area (Å²) in [6.07, 6.45) is 4.84. The van der Waals surface area contributed by atoms with E-state index in [-0.39, 0.29) is 22.8 Å². The van der Waals surface area contributed by atoms with Gasteiger partial charge in [0.25, 0.3) is 0 Å². The number of aryl methyl sites for hydroxylation is 1. The molecule has 0 bridgehead atoms. The van der Waals surface area contributed by atoms with Crippen LogP contribution in [0.25, 0.3) is 0 Å². The zero-order chi connectivity index (χ0) is 19.4. The number of allylic oxidation sites excluding steroid dienone is 3. The van der Waals surface area contributed by atoms with Crippen LogP contribution < -0.4 is 0 Å². The van der Waals surface area contributed by atoms with Crippen LogP contribution in [0.15, 0.2) is 42.5 Å². The Kier molecular flexibility index (Phi) is 7.90. The van der Waals surface area contributed by atoms with Gasteiger partial charge in [0.15, 0.2) is 0 Å². The predicted molar refractivity (Wildman–Crippen MR) is 112 cm³/mol. The largest absolute Gasteiger partial charge is 0.507 e. The number of phenols is 1. The molecule has 25 heavy (non-hydrogen) atoms. The standard InChI is InChI=1S/C22H35O2P/c1-9-22(7,19-12-10-11-16(4)21(19)24)25(8)20(14-13-15(2)3)17(5)18(6)23/h10-14,17-18,20,23-24H,2,9H2,1,3-8H3/b14-13-. The van der Waals surface area contributed by atoms with Gasteiger partial charge in [0.05, 0.1) is 6.10 Å². The average Bonchev–Trinajstić information content (AvgIpc) is 2.55. The van der Waals surface area contributed by atoms with Gasteiger partial charge in [0, 0.05) is 16.4 Å². The molecule has 0 saturated heterocycles. The Morgan fingerprint density at radius 3 is 2.44 bits per heavy atom. The molecule has 0 radical (unpaired) electrons. The minimum Gasteiger partial charge on any atom is -0.507 e. The van der Waals surface area contributed by atoms with Gasteiger partial charge in [-0.3, -0.25) is 0 Å². The van der Waals surface area contributed by atoms with Gasteiger partial charge in [-0.1, -0.05) is 71.2 Å². The second kappa shape index (κ2) is 9.01. The minimum absolute atomic E-state index is 0.126. The van der Waals surface area contributed by atoms with Crippen LogP contribution in [-0.2, 0) is 5.16 Å². The van der Waals surface area contributed by atoms with E-state index >= 15 is 0 Å². The van der Waals surface area contributed by atoms with Gasteiger partial charge in [0.1, 0.15) is 5.75 Å². The smallest absolute Gasteiger partial charge is 0.122 e. The summed E-state index contributed by atoms with van der Waals surface area (Å²) < 4.78 is 0. The van der Waals surface area contributed by atoms with Gasteiger partial charge in [-0.25, -0.2) is 0 Å². The Morgan fingerprint density at radius 1 is 1.36 bits per heavy atom. The lowest BCUT2D eigenvalue weighted by Gasteiger charge is -2.43. The van der Waals surface area contributed by atoms with E-state index in [1.54, 1.807) is 0 Å². The highest BCUT2D eigenvalue weighted by Crippen LogP contribution is 2.62. The van der Waals surface area contributed by atoms with E-state index in [1.165, 1.54) is 0 Å². The molecule has 0 aliphatic rings. The lowest BCUT2D eigenvalue weighted by atomic mass is 9.94. The van der Waals surface area contributed by atoms with E-state index in [9.17, 15) is 10.2 Å². The lowest BCUT2D eigenvalue weighted by Crippen LogP contribution is -2.31. The molecular formula is C22H35O2P. The highest BCUT2D eigenvalue weighted by Gasteiger charge is 2.39. The number of benzene rings is 1. The van der Waals surface area contributed by atoms with Crippen molar-refractivity contribution in [3.63, 3.8) is 0 Å². The van der Waals surface area contributed by atoms with Crippen molar-refractivity contribution in [3.8, 4) is 5.75 Å². The number of rotatable bonds is 8. The molecule has 0 aromatic heterocycles. The van der Waals surface area contributed by atoms with Crippen molar-refractivity contribution >= 4 is 7.92 Å². The van der Waals surface area contributed by atoms with Crippen LogP contribution in [0.1, 0.15) is 52.2 Å². The summed E-state index contributed by atoms with van der Waals surface area (Å²) >= 11 is 0. The van der Waals surface area contributed by atoms with Gasteiger partial charge in [-0.2, -0.15) is 0 Å². The zero-order valence-corrected chi connectivity index (χ0v) is 17.8. The zero-order valence-electron chi connectivity index (χ0n) is 16.9. The molecule has 0 saturated carbocycles. The Morgan fingerprint density at radius 2 is 1.96 bits per heavy atom. The second-order valence-electron chi connectivity index (χ2n) is 7.51. The number of phenolic OH excluding ortho intramolecular Hbond substituents is 1. The first-order valence-electron chi connectivity index (χ1n) is 9.10. The van der Waals surface area contributed by atoms with Crippen molar-refractivity contribution in [2.45, 2.75) is 64.9 Å². The molecule has 5 unspecified atom stereocenters. The molecule has 140 valence electrons. The first-order chi connectivity index (χ1) is 11.6. The third-order valence-electron chi connectivity index (χ3n) is 5.61. The molecule has 0 aliphatic heterocycles. The Balaban J connectivity index is 3.41. The van der Waals surface area contributed by atoms with Crippen LogP contribution in [-0.4, -0.2) is 28.6 Å². The quantitative estimate of drug-likeness (QED) is 0.443. The van der Waals surface area contributed by atoms with E-state index in [0.717, 1.165) is 23.1 Å². The summed E-state index contributed by atoms with van der Waals surface area (Å²) in [4.78, 5) is 0. The maximum absolute atomic E-state index is 10.7. The number of hydrogen-bond donors (Lipinski definition) is 2. The molecule has 5 atom stereocenters. The van der Waals surface area contributed by atoms with Gasteiger partial charge >= 0.3 is 0 Å². The van der Waals surface area contributed by atoms with Gasteiger partial charge in [-0.05, 0) is 45.3 Å². The van der Waals surface area contributed by atoms with E-state index in [1.807, 2.05) is 32.9 Å². The molecule has 1 rings (SSSR count). The molecule has 0 heterocycles. The van der Waals surface area contributed by atoms with E-state index in [0.29, 0.717) is 5.75 Å². The van der Waals surface area contributed by atoms with Crippen LogP contribution in [0.4, 0.5) is 0 Å². The normalized spacial score (nSPS) is 19.2. The highest BCUT2D eigenvalue weighted by atomic mass is 31.1. The number of aliphatic hydroxyl groups excluding tert-OH is 1. The molecule has 3 heteroatoms. The molecule has 0 aliphatic carbocycles. The number of para-hydroxylation sites is 1. The maximum atomic E-state index is 10.7. The van der Waals surface area contributed by atoms with Crippen molar-refractivity contribution in [2.75, 3.05) is 6.66 Å². The summed E-state index contributed by atoms with van der Waals surface area (Å²) in [6, 6.07) is 6.03. The van der Waals surface area contributed by atoms with Crippen molar-refractivity contribution in [3.05, 3.63) is 53.6 Å². The molecule has 2 nitrogen and oxygen atoms in total. The first-order valence-corrected chi connectivity index (χ1v) is 11.0. The number of aromatic hydroxyl groups is 1. The van der Waals surface area contributed by atoms with E-state index in [2.05, 4.69) is 52.2 Å². The molecule has 1 aromatic rings. The third-order valence-corrected chi connectivity index (χ3v) is 9.26.